The van der Waals surface area contributed by atoms with Gasteiger partial charge in [-0.2, -0.15) is 0 Å². The summed E-state index contributed by atoms with van der Waals surface area (Å²) < 4.78 is 7.17. The Balaban J connectivity index is 1.48. The van der Waals surface area contributed by atoms with E-state index in [0.29, 0.717) is 5.69 Å². The van der Waals surface area contributed by atoms with E-state index in [1.165, 1.54) is 11.3 Å². The fourth-order valence-corrected chi connectivity index (χ4v) is 4.58. The lowest BCUT2D eigenvalue weighted by Crippen LogP contribution is -2.30. The molecule has 0 saturated heterocycles. The summed E-state index contributed by atoms with van der Waals surface area (Å²) in [5.74, 6) is 0.619. The number of nitrogens with zero attached hydrogens (tertiary/aromatic N) is 2. The number of ether oxygens (including phenoxy) is 1. The normalized spacial score (nSPS) is 11.1. The summed E-state index contributed by atoms with van der Waals surface area (Å²) >= 11 is 1.45. The van der Waals surface area contributed by atoms with Crippen molar-refractivity contribution < 1.29 is 9.53 Å². The highest BCUT2D eigenvalue weighted by Crippen LogP contribution is 2.27. The van der Waals surface area contributed by atoms with Gasteiger partial charge in [0.1, 0.15) is 11.4 Å². The first-order valence-electron chi connectivity index (χ1n) is 10.2. The van der Waals surface area contributed by atoms with Crippen LogP contribution in [0.4, 0.5) is 0 Å². The molecule has 0 saturated carbocycles. The number of rotatable bonds is 6. The molecule has 6 heteroatoms. The molecule has 0 unspecified atom stereocenters. The molecule has 158 valence electrons. The third-order valence-electron chi connectivity index (χ3n) is 5.35. The van der Waals surface area contributed by atoms with Crippen LogP contribution >= 0.6 is 11.3 Å². The van der Waals surface area contributed by atoms with E-state index in [4.69, 9.17) is 9.72 Å². The molecule has 0 radical (unpaired) electrons. The second-order valence-corrected chi connectivity index (χ2v) is 8.20. The van der Waals surface area contributed by atoms with Crippen LogP contribution < -0.4 is 10.1 Å². The molecule has 5 rings (SSSR count). The molecule has 2 heterocycles. The minimum atomic E-state index is -0.249. The zero-order chi connectivity index (χ0) is 21.9. The minimum absolute atomic E-state index is 0.149. The Hall–Kier alpha value is -3.90. The van der Waals surface area contributed by atoms with Crippen LogP contribution in [-0.4, -0.2) is 22.4 Å². The third-order valence-corrected chi connectivity index (χ3v) is 6.19. The maximum Gasteiger partial charge on any atom is 0.269 e. The van der Waals surface area contributed by atoms with Crippen LogP contribution in [0.15, 0.2) is 96.5 Å². The topological polar surface area (TPSA) is 55.6 Å². The average molecular weight is 440 g/mol. The number of thiazole rings is 1. The molecular weight excluding hydrogens is 418 g/mol. The molecule has 0 aliphatic heterocycles. The summed E-state index contributed by atoms with van der Waals surface area (Å²) in [6.45, 7) is 0. The van der Waals surface area contributed by atoms with Gasteiger partial charge in [-0.25, -0.2) is 4.98 Å². The molecule has 0 aliphatic carbocycles. The smallest absolute Gasteiger partial charge is 0.269 e. The van der Waals surface area contributed by atoms with E-state index in [0.717, 1.165) is 33.1 Å². The van der Waals surface area contributed by atoms with Gasteiger partial charge in [-0.1, -0.05) is 72.8 Å². The summed E-state index contributed by atoms with van der Waals surface area (Å²) in [6.07, 6.45) is 1.90. The van der Waals surface area contributed by atoms with E-state index < -0.39 is 0 Å². The minimum Gasteiger partial charge on any atom is -0.497 e. The number of aromatic nitrogens is 2. The fraction of sp³-hybridized carbons (Fsp3) is 0.0769. The highest BCUT2D eigenvalue weighted by Gasteiger charge is 2.21. The molecule has 3 aromatic carbocycles. The third kappa shape index (κ3) is 3.88. The average Bonchev–Trinajstić information content (AvgIpc) is 3.45. The second kappa shape index (κ2) is 8.69. The summed E-state index contributed by atoms with van der Waals surface area (Å²) in [7, 11) is 1.64. The quantitative estimate of drug-likeness (QED) is 0.375. The molecule has 1 N–H and O–H groups in total. The maximum atomic E-state index is 13.3. The van der Waals surface area contributed by atoms with Gasteiger partial charge in [0.15, 0.2) is 4.96 Å². The predicted octanol–water partition coefficient (Wildman–Crippen LogP) is 5.59. The number of imidazole rings is 1. The van der Waals surface area contributed by atoms with E-state index >= 15 is 0 Å². The lowest BCUT2D eigenvalue weighted by molar-refractivity contribution is 0.0937. The van der Waals surface area contributed by atoms with Crippen molar-refractivity contribution in [3.8, 4) is 17.0 Å². The van der Waals surface area contributed by atoms with Gasteiger partial charge < -0.3 is 10.1 Å². The number of benzene rings is 3. The van der Waals surface area contributed by atoms with Crippen molar-refractivity contribution >= 4 is 22.2 Å². The lowest BCUT2D eigenvalue weighted by atomic mass is 9.98. The Kier molecular flexibility index (Phi) is 5.44. The van der Waals surface area contributed by atoms with Gasteiger partial charge in [0.25, 0.3) is 5.91 Å². The van der Waals surface area contributed by atoms with Gasteiger partial charge in [-0.05, 0) is 23.3 Å². The summed E-state index contributed by atoms with van der Waals surface area (Å²) in [6, 6.07) is 27.5. The van der Waals surface area contributed by atoms with Gasteiger partial charge in [0, 0.05) is 17.1 Å². The Morgan fingerprint density at radius 1 is 0.969 bits per heavy atom. The Morgan fingerprint density at radius 3 is 2.31 bits per heavy atom. The predicted molar refractivity (Wildman–Crippen MR) is 127 cm³/mol. The monoisotopic (exact) mass is 439 g/mol. The van der Waals surface area contributed by atoms with Crippen molar-refractivity contribution in [2.45, 2.75) is 6.04 Å². The van der Waals surface area contributed by atoms with Crippen LogP contribution in [0, 0.1) is 0 Å². The largest absolute Gasteiger partial charge is 0.497 e. The summed E-state index contributed by atoms with van der Waals surface area (Å²) in [4.78, 5) is 18.8. The van der Waals surface area contributed by atoms with Crippen LogP contribution in [0.25, 0.3) is 16.2 Å². The van der Waals surface area contributed by atoms with Gasteiger partial charge in [0.05, 0.1) is 18.8 Å². The molecule has 0 bridgehead atoms. The van der Waals surface area contributed by atoms with Crippen LogP contribution in [0.3, 0.4) is 0 Å². The van der Waals surface area contributed by atoms with Crippen LogP contribution in [-0.2, 0) is 0 Å². The number of carbonyl (C=O) groups is 1. The van der Waals surface area contributed by atoms with E-state index in [1.54, 1.807) is 7.11 Å². The zero-order valence-electron chi connectivity index (χ0n) is 17.4. The molecule has 0 spiro atoms. The Morgan fingerprint density at radius 2 is 1.66 bits per heavy atom. The van der Waals surface area contributed by atoms with Gasteiger partial charge in [0.2, 0.25) is 0 Å². The van der Waals surface area contributed by atoms with Crippen molar-refractivity contribution in [3.05, 3.63) is 113 Å². The first kappa shape index (κ1) is 20.0. The van der Waals surface area contributed by atoms with E-state index in [1.807, 2.05) is 101 Å². The molecule has 0 fully saturated rings. The van der Waals surface area contributed by atoms with Crippen molar-refractivity contribution in [1.29, 1.82) is 0 Å². The first-order chi connectivity index (χ1) is 15.7. The van der Waals surface area contributed by atoms with Crippen molar-refractivity contribution in [1.82, 2.24) is 14.7 Å². The lowest BCUT2D eigenvalue weighted by Gasteiger charge is -2.19. The number of carbonyl (C=O) groups excluding carboxylic acids is 1. The van der Waals surface area contributed by atoms with Gasteiger partial charge in [-0.3, -0.25) is 9.20 Å². The molecule has 5 aromatic rings. The van der Waals surface area contributed by atoms with E-state index in [2.05, 4.69) is 5.32 Å². The Labute approximate surface area is 190 Å². The number of hydrogen-bond acceptors (Lipinski definition) is 4. The molecule has 0 aliphatic rings. The van der Waals surface area contributed by atoms with Crippen LogP contribution in [0.5, 0.6) is 5.75 Å². The molecule has 5 nitrogen and oxygen atoms in total. The standard InChI is InChI=1S/C26H21N3O2S/c1-31-21-14-8-13-20(15-21)22-16-29-23(17-32-26(29)27-22)25(30)28-24(18-9-4-2-5-10-18)19-11-6-3-7-12-19/h2-17,24H,1H3,(H,28,30). The van der Waals surface area contributed by atoms with E-state index in [-0.39, 0.29) is 11.9 Å². The van der Waals surface area contributed by atoms with E-state index in [9.17, 15) is 4.79 Å². The highest BCUT2D eigenvalue weighted by molar-refractivity contribution is 7.15. The van der Waals surface area contributed by atoms with Crippen LogP contribution in [0.2, 0.25) is 0 Å². The first-order valence-corrected chi connectivity index (χ1v) is 11.1. The SMILES string of the molecule is COc1cccc(-c2cn3c(C(=O)NC(c4ccccc4)c4ccccc4)csc3n2)c1. The number of methoxy groups -OCH3 is 1. The number of hydrogen-bond donors (Lipinski definition) is 1. The van der Waals surface area contributed by atoms with Crippen molar-refractivity contribution in [3.63, 3.8) is 0 Å². The highest BCUT2D eigenvalue weighted by atomic mass is 32.1. The van der Waals surface area contributed by atoms with Crippen molar-refractivity contribution in [2.24, 2.45) is 0 Å². The summed E-state index contributed by atoms with van der Waals surface area (Å²) in [5, 5.41) is 5.06. The molecule has 2 aromatic heterocycles. The molecule has 0 atom stereocenters. The van der Waals surface area contributed by atoms with Gasteiger partial charge >= 0.3 is 0 Å². The molecular formula is C26H21N3O2S. The second-order valence-electron chi connectivity index (χ2n) is 7.36. The molecule has 1 amide bonds. The molecule has 32 heavy (non-hydrogen) atoms. The van der Waals surface area contributed by atoms with Crippen molar-refractivity contribution in [2.75, 3.05) is 7.11 Å². The number of nitrogens with one attached hydrogen (secondary N) is 1. The number of amides is 1. The Bertz CT molecular complexity index is 1320. The van der Waals surface area contributed by atoms with Crippen LogP contribution in [0.1, 0.15) is 27.7 Å². The number of fused-ring (bicyclic) bond motifs is 1. The zero-order valence-corrected chi connectivity index (χ0v) is 18.3. The van der Waals surface area contributed by atoms with Gasteiger partial charge in [-0.15, -0.1) is 11.3 Å². The summed E-state index contributed by atoms with van der Waals surface area (Å²) in [5.41, 5.74) is 4.36. The fourth-order valence-electron chi connectivity index (χ4n) is 3.72. The maximum absolute atomic E-state index is 13.3.